The van der Waals surface area contributed by atoms with Crippen molar-refractivity contribution in [3.8, 4) is 6.07 Å². The third kappa shape index (κ3) is 4.02. The molecule has 1 saturated heterocycles. The smallest absolute Gasteiger partial charge is 0.254 e. The van der Waals surface area contributed by atoms with Crippen LogP contribution >= 0.6 is 11.6 Å². The van der Waals surface area contributed by atoms with Crippen molar-refractivity contribution in [3.05, 3.63) is 87.7 Å². The summed E-state index contributed by atoms with van der Waals surface area (Å²) in [6.07, 6.45) is 0. The fourth-order valence-corrected chi connectivity index (χ4v) is 4.41. The van der Waals surface area contributed by atoms with E-state index in [9.17, 15) is 14.4 Å². The highest BCUT2D eigenvalue weighted by atomic mass is 35.5. The number of carbonyl (C=O) groups excluding carboxylic acids is 1. The minimum absolute atomic E-state index is 0.0207. The lowest BCUT2D eigenvalue weighted by Crippen LogP contribution is -2.50. The third-order valence-electron chi connectivity index (χ3n) is 5.81. The predicted octanol–water partition coefficient (Wildman–Crippen LogP) is 3.91. The molecule has 0 spiro atoms. The average Bonchev–Trinajstić information content (AvgIpc) is 2.79. The number of allylic oxidation sites excluding steroid dienone is 2. The molecule has 2 heterocycles. The van der Waals surface area contributed by atoms with Gasteiger partial charge in [0.05, 0.1) is 11.5 Å². The summed E-state index contributed by atoms with van der Waals surface area (Å²) in [6, 6.07) is 15.5. The highest BCUT2D eigenvalue weighted by Crippen LogP contribution is 2.42. The van der Waals surface area contributed by atoms with Gasteiger partial charge in [-0.1, -0.05) is 29.8 Å². The highest BCUT2D eigenvalue weighted by molar-refractivity contribution is 6.31. The van der Waals surface area contributed by atoms with E-state index in [1.54, 1.807) is 48.2 Å². The predicted molar refractivity (Wildman–Crippen MR) is 120 cm³/mol. The fourth-order valence-electron chi connectivity index (χ4n) is 4.17. The van der Waals surface area contributed by atoms with E-state index in [2.05, 4.69) is 11.0 Å². The number of hydrogen-bond donors (Lipinski definition) is 1. The number of amides is 1. The third-order valence-corrected chi connectivity index (χ3v) is 6.16. The summed E-state index contributed by atoms with van der Waals surface area (Å²) in [4.78, 5) is 17.5. The van der Waals surface area contributed by atoms with Crippen LogP contribution in [0.25, 0.3) is 0 Å². The van der Waals surface area contributed by atoms with Gasteiger partial charge >= 0.3 is 0 Å². The molecule has 32 heavy (non-hydrogen) atoms. The van der Waals surface area contributed by atoms with Gasteiger partial charge < -0.3 is 20.3 Å². The maximum atomic E-state index is 13.6. The molecule has 8 heteroatoms. The lowest BCUT2D eigenvalue weighted by atomic mass is 9.82. The monoisotopic (exact) mass is 452 g/mol. The van der Waals surface area contributed by atoms with E-state index < -0.39 is 5.92 Å². The average molecular weight is 453 g/mol. The van der Waals surface area contributed by atoms with E-state index in [4.69, 9.17) is 22.1 Å². The number of halogens is 2. The number of nitrogens with zero attached hydrogens (tertiary/aromatic N) is 3. The van der Waals surface area contributed by atoms with Gasteiger partial charge in [0, 0.05) is 36.9 Å². The lowest BCUT2D eigenvalue weighted by molar-refractivity contribution is -0.128. The van der Waals surface area contributed by atoms with E-state index in [0.717, 1.165) is 5.69 Å². The van der Waals surface area contributed by atoms with Crippen LogP contribution in [0.2, 0.25) is 5.02 Å². The van der Waals surface area contributed by atoms with Crippen LogP contribution in [0, 0.1) is 17.1 Å². The van der Waals surface area contributed by atoms with Gasteiger partial charge in [-0.3, -0.25) is 4.79 Å². The summed E-state index contributed by atoms with van der Waals surface area (Å²) < 4.78 is 18.8. The summed E-state index contributed by atoms with van der Waals surface area (Å²) in [5.74, 6) is -0.866. The van der Waals surface area contributed by atoms with Crippen LogP contribution in [0.4, 0.5) is 10.1 Å². The molecule has 0 saturated carbocycles. The van der Waals surface area contributed by atoms with Crippen LogP contribution in [-0.2, 0) is 9.53 Å². The number of nitriles is 1. The highest BCUT2D eigenvalue weighted by Gasteiger charge is 2.38. The molecule has 1 fully saturated rings. The first-order valence-electron chi connectivity index (χ1n) is 10.2. The largest absolute Gasteiger partial charge is 0.445 e. The molecule has 0 bridgehead atoms. The summed E-state index contributed by atoms with van der Waals surface area (Å²) in [6.45, 7) is 3.83. The molecule has 1 unspecified atom stereocenters. The first kappa shape index (κ1) is 21.7. The maximum absolute atomic E-state index is 13.6. The van der Waals surface area contributed by atoms with Crippen LogP contribution in [-0.4, -0.2) is 37.0 Å². The summed E-state index contributed by atoms with van der Waals surface area (Å²) in [7, 11) is 0. The molecule has 0 aliphatic carbocycles. The molecular formula is C24H22ClFN4O2. The second kappa shape index (κ2) is 8.93. The Bertz CT molecular complexity index is 1150. The van der Waals surface area contributed by atoms with E-state index >= 15 is 0 Å². The summed E-state index contributed by atoms with van der Waals surface area (Å²) >= 11 is 6.43. The molecule has 0 aromatic heterocycles. The molecule has 2 aromatic carbocycles. The SMILES string of the molecule is CC1=C(C(=O)N2CCN(c3ccc(F)cc3)CC2)C(c2ccccc2Cl)C(C#N)=C(N)O1. The van der Waals surface area contributed by atoms with E-state index in [-0.39, 0.29) is 23.2 Å². The normalized spacial score (nSPS) is 19.0. The number of anilines is 1. The van der Waals surface area contributed by atoms with Crippen LogP contribution < -0.4 is 10.6 Å². The van der Waals surface area contributed by atoms with Crippen molar-refractivity contribution in [2.24, 2.45) is 5.73 Å². The lowest BCUT2D eigenvalue weighted by Gasteiger charge is -2.38. The number of rotatable bonds is 3. The van der Waals surface area contributed by atoms with Gasteiger partial charge in [0.15, 0.2) is 0 Å². The van der Waals surface area contributed by atoms with Crippen molar-refractivity contribution in [2.75, 3.05) is 31.1 Å². The number of benzene rings is 2. The number of piperazine rings is 1. The van der Waals surface area contributed by atoms with Crippen molar-refractivity contribution >= 4 is 23.2 Å². The Morgan fingerprint density at radius 2 is 1.81 bits per heavy atom. The van der Waals surface area contributed by atoms with Crippen LogP contribution in [0.15, 0.2) is 71.3 Å². The zero-order chi connectivity index (χ0) is 22.8. The number of carbonyl (C=O) groups is 1. The van der Waals surface area contributed by atoms with Crippen LogP contribution in [0.1, 0.15) is 18.4 Å². The van der Waals surface area contributed by atoms with Crippen molar-refractivity contribution in [3.63, 3.8) is 0 Å². The quantitative estimate of drug-likeness (QED) is 0.763. The number of ether oxygens (including phenoxy) is 1. The van der Waals surface area contributed by atoms with Crippen molar-refractivity contribution in [2.45, 2.75) is 12.8 Å². The second-order valence-corrected chi connectivity index (χ2v) is 8.08. The Balaban J connectivity index is 1.60. The van der Waals surface area contributed by atoms with Gasteiger partial charge in [-0.05, 0) is 42.8 Å². The van der Waals surface area contributed by atoms with E-state index in [0.29, 0.717) is 48.1 Å². The molecule has 2 aromatic rings. The van der Waals surface area contributed by atoms with Crippen LogP contribution in [0.3, 0.4) is 0 Å². The van der Waals surface area contributed by atoms with Gasteiger partial charge in [0.25, 0.3) is 5.91 Å². The first-order chi connectivity index (χ1) is 15.4. The molecule has 6 nitrogen and oxygen atoms in total. The molecule has 1 amide bonds. The van der Waals surface area contributed by atoms with Gasteiger partial charge in [0.1, 0.15) is 23.2 Å². The van der Waals surface area contributed by atoms with Crippen LogP contribution in [0.5, 0.6) is 0 Å². The molecular weight excluding hydrogens is 431 g/mol. The van der Waals surface area contributed by atoms with Crippen molar-refractivity contribution in [1.29, 1.82) is 5.26 Å². The van der Waals surface area contributed by atoms with E-state index in [1.165, 1.54) is 12.1 Å². The Morgan fingerprint density at radius 1 is 1.16 bits per heavy atom. The van der Waals surface area contributed by atoms with E-state index in [1.807, 2.05) is 0 Å². The van der Waals surface area contributed by atoms with Crippen molar-refractivity contribution < 1.29 is 13.9 Å². The Hall–Kier alpha value is -3.50. The van der Waals surface area contributed by atoms with Gasteiger partial charge in [0.2, 0.25) is 5.88 Å². The Morgan fingerprint density at radius 3 is 2.44 bits per heavy atom. The zero-order valence-corrected chi connectivity index (χ0v) is 18.3. The molecule has 2 N–H and O–H groups in total. The van der Waals surface area contributed by atoms with Gasteiger partial charge in [-0.2, -0.15) is 5.26 Å². The standard InChI is InChI=1S/C24H22ClFN4O2/c1-15-21(22(19(14-27)23(28)32-15)18-4-2-3-5-20(18)25)24(31)30-12-10-29(11-13-30)17-8-6-16(26)7-9-17/h2-9,22H,10-13,28H2,1H3. The zero-order valence-electron chi connectivity index (χ0n) is 17.5. The van der Waals surface area contributed by atoms with Crippen molar-refractivity contribution in [1.82, 2.24) is 4.90 Å². The minimum Gasteiger partial charge on any atom is -0.445 e. The fraction of sp³-hybridized carbons (Fsp3) is 0.250. The summed E-state index contributed by atoms with van der Waals surface area (Å²) in [5, 5.41) is 10.2. The Labute approximate surface area is 190 Å². The van der Waals surface area contributed by atoms with Gasteiger partial charge in [-0.25, -0.2) is 4.39 Å². The molecule has 2 aliphatic rings. The topological polar surface area (TPSA) is 82.6 Å². The Kier molecular flexibility index (Phi) is 6.06. The second-order valence-electron chi connectivity index (χ2n) is 7.67. The molecule has 0 radical (unpaired) electrons. The summed E-state index contributed by atoms with van der Waals surface area (Å²) in [5.41, 5.74) is 8.05. The molecule has 164 valence electrons. The molecule has 4 rings (SSSR count). The maximum Gasteiger partial charge on any atom is 0.254 e. The minimum atomic E-state index is -0.704. The number of nitrogens with two attached hydrogens (primary N) is 1. The molecule has 1 atom stereocenters. The number of hydrogen-bond acceptors (Lipinski definition) is 5. The van der Waals surface area contributed by atoms with Gasteiger partial charge in [-0.15, -0.1) is 0 Å². The first-order valence-corrected chi connectivity index (χ1v) is 10.6. The molecule has 2 aliphatic heterocycles.